The van der Waals surface area contributed by atoms with Crippen molar-refractivity contribution in [3.8, 4) is 11.6 Å². The van der Waals surface area contributed by atoms with Crippen molar-refractivity contribution < 1.29 is 9.47 Å². The molecule has 3 rings (SSSR count). The van der Waals surface area contributed by atoms with E-state index in [0.717, 1.165) is 35.8 Å². The van der Waals surface area contributed by atoms with Crippen LogP contribution in [0.5, 0.6) is 11.6 Å². The molecule has 0 spiro atoms. The molecule has 0 saturated carbocycles. The average Bonchev–Trinajstić information content (AvgIpc) is 2.72. The second-order valence-electron chi connectivity index (χ2n) is 6.07. The van der Waals surface area contributed by atoms with Gasteiger partial charge in [-0.1, -0.05) is 48.0 Å². The third kappa shape index (κ3) is 6.59. The Labute approximate surface area is 165 Å². The van der Waals surface area contributed by atoms with Gasteiger partial charge in [-0.05, 0) is 42.8 Å². The van der Waals surface area contributed by atoms with E-state index < -0.39 is 0 Å². The van der Waals surface area contributed by atoms with Crippen LogP contribution in [-0.2, 0) is 13.2 Å². The van der Waals surface area contributed by atoms with Crippen LogP contribution in [0.3, 0.4) is 0 Å². The van der Waals surface area contributed by atoms with Crippen LogP contribution in [0.1, 0.15) is 17.5 Å². The molecule has 3 aromatic rings. The fraction of sp³-hybridized carbons (Fsp3) is 0.227. The van der Waals surface area contributed by atoms with Gasteiger partial charge in [0.1, 0.15) is 12.4 Å². The lowest BCUT2D eigenvalue weighted by Gasteiger charge is -2.09. The number of aromatic nitrogens is 1. The monoisotopic (exact) mass is 382 g/mol. The van der Waals surface area contributed by atoms with Crippen molar-refractivity contribution in [2.45, 2.75) is 19.6 Å². The molecular formula is C22H23ClN2O2. The fourth-order valence-electron chi connectivity index (χ4n) is 2.52. The molecule has 0 aliphatic heterocycles. The Bertz CT molecular complexity index is 810. The van der Waals surface area contributed by atoms with Gasteiger partial charge >= 0.3 is 0 Å². The summed E-state index contributed by atoms with van der Waals surface area (Å²) in [6.45, 7) is 2.82. The maximum absolute atomic E-state index is 6.14. The van der Waals surface area contributed by atoms with E-state index >= 15 is 0 Å². The van der Waals surface area contributed by atoms with Gasteiger partial charge in [0.25, 0.3) is 0 Å². The third-order valence-corrected chi connectivity index (χ3v) is 4.36. The Balaban J connectivity index is 1.32. The van der Waals surface area contributed by atoms with Crippen molar-refractivity contribution >= 4 is 11.6 Å². The zero-order valence-corrected chi connectivity index (χ0v) is 15.9. The SMILES string of the molecule is Clc1ccccc1COc1ccc(CNCCCOc2ccccn2)cc1. The summed E-state index contributed by atoms with van der Waals surface area (Å²) in [6, 6.07) is 21.5. The number of hydrogen-bond donors (Lipinski definition) is 1. The van der Waals surface area contributed by atoms with Gasteiger partial charge in [-0.2, -0.15) is 0 Å². The minimum Gasteiger partial charge on any atom is -0.489 e. The number of rotatable bonds is 10. The number of ether oxygens (including phenoxy) is 2. The van der Waals surface area contributed by atoms with E-state index in [1.807, 2.05) is 54.6 Å². The first-order valence-electron chi connectivity index (χ1n) is 9.01. The number of nitrogens with one attached hydrogen (secondary N) is 1. The fourth-order valence-corrected chi connectivity index (χ4v) is 2.71. The molecule has 0 aliphatic rings. The standard InChI is InChI=1S/C22H23ClN2O2/c23-21-7-2-1-6-19(21)17-27-20-11-9-18(10-12-20)16-24-13-5-15-26-22-8-3-4-14-25-22/h1-4,6-12,14,24H,5,13,15-17H2. The lowest BCUT2D eigenvalue weighted by molar-refractivity contribution is 0.296. The largest absolute Gasteiger partial charge is 0.489 e. The summed E-state index contributed by atoms with van der Waals surface area (Å²) in [6.07, 6.45) is 2.66. The first kappa shape index (κ1) is 19.2. The van der Waals surface area contributed by atoms with Crippen LogP contribution in [0.25, 0.3) is 0 Å². The maximum atomic E-state index is 6.14. The highest BCUT2D eigenvalue weighted by Crippen LogP contribution is 2.19. The summed E-state index contributed by atoms with van der Waals surface area (Å²) in [5, 5.41) is 4.14. The van der Waals surface area contributed by atoms with E-state index in [-0.39, 0.29) is 0 Å². The highest BCUT2D eigenvalue weighted by molar-refractivity contribution is 6.31. The zero-order valence-electron chi connectivity index (χ0n) is 15.1. The molecule has 140 valence electrons. The molecule has 0 fully saturated rings. The summed E-state index contributed by atoms with van der Waals surface area (Å²) >= 11 is 6.14. The molecule has 1 heterocycles. The second-order valence-corrected chi connectivity index (χ2v) is 6.48. The van der Waals surface area contributed by atoms with Crippen molar-refractivity contribution in [2.75, 3.05) is 13.2 Å². The lowest BCUT2D eigenvalue weighted by atomic mass is 10.2. The number of benzene rings is 2. The zero-order chi connectivity index (χ0) is 18.7. The molecule has 4 nitrogen and oxygen atoms in total. The minimum absolute atomic E-state index is 0.466. The lowest BCUT2D eigenvalue weighted by Crippen LogP contribution is -2.17. The molecule has 0 amide bonds. The number of halogens is 1. The summed E-state index contributed by atoms with van der Waals surface area (Å²) in [7, 11) is 0. The molecule has 1 aromatic heterocycles. The van der Waals surface area contributed by atoms with Crippen molar-refractivity contribution in [2.24, 2.45) is 0 Å². The van der Waals surface area contributed by atoms with E-state index in [2.05, 4.69) is 22.4 Å². The summed E-state index contributed by atoms with van der Waals surface area (Å²) in [4.78, 5) is 4.13. The topological polar surface area (TPSA) is 43.4 Å². The van der Waals surface area contributed by atoms with Gasteiger partial charge in [0.05, 0.1) is 6.61 Å². The molecule has 2 aromatic carbocycles. The third-order valence-electron chi connectivity index (χ3n) is 3.99. The first-order valence-corrected chi connectivity index (χ1v) is 9.39. The molecule has 0 unspecified atom stereocenters. The Kier molecular flexibility index (Phi) is 7.51. The highest BCUT2D eigenvalue weighted by Gasteiger charge is 2.01. The van der Waals surface area contributed by atoms with E-state index in [1.54, 1.807) is 6.20 Å². The van der Waals surface area contributed by atoms with Crippen LogP contribution < -0.4 is 14.8 Å². The molecule has 5 heteroatoms. The Morgan fingerprint density at radius 2 is 1.70 bits per heavy atom. The highest BCUT2D eigenvalue weighted by atomic mass is 35.5. The second kappa shape index (κ2) is 10.6. The smallest absolute Gasteiger partial charge is 0.213 e. The van der Waals surface area contributed by atoms with Gasteiger partial charge in [-0.3, -0.25) is 0 Å². The van der Waals surface area contributed by atoms with Gasteiger partial charge in [-0.15, -0.1) is 0 Å². The van der Waals surface area contributed by atoms with Crippen molar-refractivity contribution in [1.82, 2.24) is 10.3 Å². The Morgan fingerprint density at radius 3 is 2.48 bits per heavy atom. The molecule has 0 radical (unpaired) electrons. The number of nitrogens with zero attached hydrogens (tertiary/aromatic N) is 1. The maximum Gasteiger partial charge on any atom is 0.213 e. The van der Waals surface area contributed by atoms with Gasteiger partial charge in [0.2, 0.25) is 5.88 Å². The summed E-state index contributed by atoms with van der Waals surface area (Å²) < 4.78 is 11.4. The van der Waals surface area contributed by atoms with Crippen LogP contribution in [0.2, 0.25) is 5.02 Å². The van der Waals surface area contributed by atoms with Gasteiger partial charge in [-0.25, -0.2) is 4.98 Å². The number of pyridine rings is 1. The van der Waals surface area contributed by atoms with Crippen molar-refractivity contribution in [3.63, 3.8) is 0 Å². The van der Waals surface area contributed by atoms with E-state index in [0.29, 0.717) is 19.1 Å². The average molecular weight is 383 g/mol. The Morgan fingerprint density at radius 1 is 0.889 bits per heavy atom. The number of hydrogen-bond acceptors (Lipinski definition) is 4. The predicted octanol–water partition coefficient (Wildman–Crippen LogP) is 4.87. The first-order chi connectivity index (χ1) is 13.3. The van der Waals surface area contributed by atoms with Crippen LogP contribution in [0, 0.1) is 0 Å². The summed E-state index contributed by atoms with van der Waals surface area (Å²) in [5.41, 5.74) is 2.20. The van der Waals surface area contributed by atoms with E-state index in [4.69, 9.17) is 21.1 Å². The molecule has 0 aliphatic carbocycles. The molecule has 1 N–H and O–H groups in total. The minimum atomic E-state index is 0.466. The molecule has 27 heavy (non-hydrogen) atoms. The molecule has 0 atom stereocenters. The van der Waals surface area contributed by atoms with Gasteiger partial charge in [0.15, 0.2) is 0 Å². The molecular weight excluding hydrogens is 360 g/mol. The van der Waals surface area contributed by atoms with Crippen LogP contribution >= 0.6 is 11.6 Å². The summed E-state index contributed by atoms with van der Waals surface area (Å²) in [5.74, 6) is 1.51. The van der Waals surface area contributed by atoms with E-state index in [1.165, 1.54) is 5.56 Å². The predicted molar refractivity (Wildman–Crippen MR) is 108 cm³/mol. The quantitative estimate of drug-likeness (QED) is 0.508. The molecule has 0 bridgehead atoms. The van der Waals surface area contributed by atoms with Crippen LogP contribution in [0.4, 0.5) is 0 Å². The van der Waals surface area contributed by atoms with E-state index in [9.17, 15) is 0 Å². The van der Waals surface area contributed by atoms with Crippen molar-refractivity contribution in [3.05, 3.63) is 89.1 Å². The van der Waals surface area contributed by atoms with Gasteiger partial charge < -0.3 is 14.8 Å². The van der Waals surface area contributed by atoms with Gasteiger partial charge in [0, 0.05) is 29.4 Å². The normalized spacial score (nSPS) is 10.6. The van der Waals surface area contributed by atoms with Crippen LogP contribution in [0.15, 0.2) is 72.9 Å². The Hall–Kier alpha value is -2.56. The van der Waals surface area contributed by atoms with Crippen molar-refractivity contribution in [1.29, 1.82) is 0 Å². The van der Waals surface area contributed by atoms with Crippen LogP contribution in [-0.4, -0.2) is 18.1 Å². The molecule has 0 saturated heterocycles.